The molecule has 0 bridgehead atoms. The van der Waals surface area contributed by atoms with Crippen molar-refractivity contribution < 1.29 is 9.53 Å². The molecule has 1 aromatic carbocycles. The molecule has 13 heavy (non-hydrogen) atoms. The van der Waals surface area contributed by atoms with Crippen molar-refractivity contribution in [3.8, 4) is 5.75 Å². The number of methoxy groups -OCH3 is 1. The monoisotopic (exact) mass is 179 g/mol. The molecule has 1 aromatic rings. The van der Waals surface area contributed by atoms with Gasteiger partial charge in [-0.25, -0.2) is 0 Å². The predicted molar refractivity (Wildman–Crippen MR) is 52.5 cm³/mol. The third-order valence-corrected chi connectivity index (χ3v) is 1.75. The molecule has 3 heteroatoms. The van der Waals surface area contributed by atoms with E-state index in [0.717, 1.165) is 18.5 Å². The largest absolute Gasteiger partial charge is 0.497 e. The highest BCUT2D eigenvalue weighted by molar-refractivity contribution is 5.84. The summed E-state index contributed by atoms with van der Waals surface area (Å²) in [6.45, 7) is 2.78. The number of nitrogens with one attached hydrogen (secondary N) is 1. The maximum Gasteiger partial charge on any atom is 0.152 e. The second-order valence-corrected chi connectivity index (χ2v) is 2.60. The lowest BCUT2D eigenvalue weighted by atomic mass is 10.2. The fourth-order valence-corrected chi connectivity index (χ4v) is 1.12. The minimum absolute atomic E-state index is 0.626. The number of rotatable bonds is 4. The van der Waals surface area contributed by atoms with Crippen LogP contribution < -0.4 is 10.1 Å². The molecule has 0 aliphatic rings. The summed E-state index contributed by atoms with van der Waals surface area (Å²) in [6.07, 6.45) is 0.820. The fraction of sp³-hybridized carbons (Fsp3) is 0.300. The lowest BCUT2D eigenvalue weighted by Crippen LogP contribution is -2.00. The maximum absolute atomic E-state index is 10.7. The van der Waals surface area contributed by atoms with E-state index in [0.29, 0.717) is 11.3 Å². The summed E-state index contributed by atoms with van der Waals surface area (Å²) in [5.41, 5.74) is 1.47. The van der Waals surface area contributed by atoms with Crippen molar-refractivity contribution in [1.82, 2.24) is 0 Å². The minimum atomic E-state index is 0.626. The molecular formula is C10H13NO2. The van der Waals surface area contributed by atoms with E-state index in [2.05, 4.69) is 5.32 Å². The zero-order valence-electron chi connectivity index (χ0n) is 7.83. The van der Waals surface area contributed by atoms with Crippen molar-refractivity contribution in [1.29, 1.82) is 0 Å². The number of aldehydes is 1. The Morgan fingerprint density at radius 2 is 2.31 bits per heavy atom. The Bertz CT molecular complexity index is 297. The highest BCUT2D eigenvalue weighted by atomic mass is 16.5. The minimum Gasteiger partial charge on any atom is -0.497 e. The number of ether oxygens (including phenoxy) is 1. The van der Waals surface area contributed by atoms with Crippen LogP contribution in [0.5, 0.6) is 5.75 Å². The number of hydrogen-bond acceptors (Lipinski definition) is 3. The first-order chi connectivity index (χ1) is 6.31. The van der Waals surface area contributed by atoms with Crippen LogP contribution in [0.2, 0.25) is 0 Å². The van der Waals surface area contributed by atoms with Crippen molar-refractivity contribution in [2.75, 3.05) is 19.0 Å². The van der Waals surface area contributed by atoms with Crippen LogP contribution in [0.1, 0.15) is 17.3 Å². The number of hydrogen-bond donors (Lipinski definition) is 1. The van der Waals surface area contributed by atoms with Gasteiger partial charge in [0.2, 0.25) is 0 Å². The second-order valence-electron chi connectivity index (χ2n) is 2.60. The fourth-order valence-electron chi connectivity index (χ4n) is 1.12. The Morgan fingerprint density at radius 3 is 2.85 bits per heavy atom. The van der Waals surface area contributed by atoms with Gasteiger partial charge in [0.25, 0.3) is 0 Å². The zero-order valence-corrected chi connectivity index (χ0v) is 7.83. The molecule has 0 unspecified atom stereocenters. The molecule has 0 atom stereocenters. The van der Waals surface area contributed by atoms with Gasteiger partial charge in [0.05, 0.1) is 7.11 Å². The van der Waals surface area contributed by atoms with Crippen molar-refractivity contribution in [3.05, 3.63) is 23.8 Å². The smallest absolute Gasteiger partial charge is 0.152 e. The average Bonchev–Trinajstić information content (AvgIpc) is 2.19. The molecule has 1 rings (SSSR count). The summed E-state index contributed by atoms with van der Waals surface area (Å²) in [5, 5.41) is 3.09. The molecule has 0 aliphatic heterocycles. The normalized spacial score (nSPS) is 9.38. The first-order valence-corrected chi connectivity index (χ1v) is 4.19. The van der Waals surface area contributed by atoms with E-state index in [1.807, 2.05) is 19.1 Å². The summed E-state index contributed by atoms with van der Waals surface area (Å²) >= 11 is 0. The second kappa shape index (κ2) is 4.50. The molecule has 70 valence electrons. The third kappa shape index (κ3) is 2.21. The molecular weight excluding hydrogens is 166 g/mol. The topological polar surface area (TPSA) is 38.3 Å². The predicted octanol–water partition coefficient (Wildman–Crippen LogP) is 1.94. The summed E-state index contributed by atoms with van der Waals surface area (Å²) in [7, 11) is 1.58. The molecule has 0 amide bonds. The van der Waals surface area contributed by atoms with E-state index < -0.39 is 0 Å². The molecule has 0 heterocycles. The van der Waals surface area contributed by atoms with Gasteiger partial charge in [0.1, 0.15) is 5.75 Å². The third-order valence-electron chi connectivity index (χ3n) is 1.75. The highest BCUT2D eigenvalue weighted by Gasteiger charge is 2.01. The van der Waals surface area contributed by atoms with E-state index in [4.69, 9.17) is 4.74 Å². The van der Waals surface area contributed by atoms with Gasteiger partial charge in [-0.05, 0) is 25.1 Å². The van der Waals surface area contributed by atoms with Crippen molar-refractivity contribution in [3.63, 3.8) is 0 Å². The van der Waals surface area contributed by atoms with Gasteiger partial charge < -0.3 is 10.1 Å². The Morgan fingerprint density at radius 1 is 1.54 bits per heavy atom. The number of carbonyl (C=O) groups excluding carboxylic acids is 1. The summed E-state index contributed by atoms with van der Waals surface area (Å²) in [5.74, 6) is 0.698. The molecule has 0 radical (unpaired) electrons. The Balaban J connectivity index is 3.00. The van der Waals surface area contributed by atoms with Crippen molar-refractivity contribution >= 4 is 12.0 Å². The standard InChI is InChI=1S/C10H13NO2/c1-3-11-10-5-4-9(13-2)6-8(10)7-12/h4-7,11H,3H2,1-2H3. The Labute approximate surface area is 77.7 Å². The van der Waals surface area contributed by atoms with Crippen LogP contribution in [0.3, 0.4) is 0 Å². The number of anilines is 1. The van der Waals surface area contributed by atoms with Crippen LogP contribution in [0.15, 0.2) is 18.2 Å². The first-order valence-electron chi connectivity index (χ1n) is 4.19. The van der Waals surface area contributed by atoms with E-state index in [-0.39, 0.29) is 0 Å². The molecule has 0 saturated carbocycles. The van der Waals surface area contributed by atoms with Gasteiger partial charge in [-0.1, -0.05) is 0 Å². The van der Waals surface area contributed by atoms with E-state index in [1.165, 1.54) is 0 Å². The molecule has 0 fully saturated rings. The number of carbonyl (C=O) groups is 1. The lowest BCUT2D eigenvalue weighted by molar-refractivity contribution is 0.112. The summed E-state index contributed by atoms with van der Waals surface area (Å²) in [4.78, 5) is 10.7. The van der Waals surface area contributed by atoms with Crippen molar-refractivity contribution in [2.45, 2.75) is 6.92 Å². The van der Waals surface area contributed by atoms with Crippen LogP contribution in [-0.2, 0) is 0 Å². The molecule has 3 nitrogen and oxygen atoms in total. The van der Waals surface area contributed by atoms with Crippen molar-refractivity contribution in [2.24, 2.45) is 0 Å². The molecule has 0 saturated heterocycles. The Kier molecular flexibility index (Phi) is 3.31. The summed E-state index contributed by atoms with van der Waals surface area (Å²) in [6, 6.07) is 5.38. The van der Waals surface area contributed by atoms with E-state index in [1.54, 1.807) is 13.2 Å². The van der Waals surface area contributed by atoms with Crippen LogP contribution >= 0.6 is 0 Å². The lowest BCUT2D eigenvalue weighted by Gasteiger charge is -2.07. The summed E-state index contributed by atoms with van der Waals surface area (Å²) < 4.78 is 5.00. The molecule has 1 N–H and O–H groups in total. The molecule has 0 aliphatic carbocycles. The first kappa shape index (κ1) is 9.58. The van der Waals surface area contributed by atoms with Gasteiger partial charge >= 0.3 is 0 Å². The number of benzene rings is 1. The average molecular weight is 179 g/mol. The van der Waals surface area contributed by atoms with Crippen LogP contribution in [0, 0.1) is 0 Å². The van der Waals surface area contributed by atoms with E-state index in [9.17, 15) is 4.79 Å². The van der Waals surface area contributed by atoms with Gasteiger partial charge in [-0.2, -0.15) is 0 Å². The van der Waals surface area contributed by atoms with Crippen LogP contribution in [0.25, 0.3) is 0 Å². The van der Waals surface area contributed by atoms with Crippen LogP contribution in [0.4, 0.5) is 5.69 Å². The van der Waals surface area contributed by atoms with Gasteiger partial charge in [0, 0.05) is 17.8 Å². The Hall–Kier alpha value is -1.51. The molecule has 0 spiro atoms. The SMILES string of the molecule is CCNc1ccc(OC)cc1C=O. The van der Waals surface area contributed by atoms with E-state index >= 15 is 0 Å². The highest BCUT2D eigenvalue weighted by Crippen LogP contribution is 2.19. The van der Waals surface area contributed by atoms with Gasteiger partial charge in [-0.3, -0.25) is 4.79 Å². The quantitative estimate of drug-likeness (QED) is 0.718. The van der Waals surface area contributed by atoms with Gasteiger partial charge in [0.15, 0.2) is 6.29 Å². The molecule has 0 aromatic heterocycles. The van der Waals surface area contributed by atoms with Crippen LogP contribution in [-0.4, -0.2) is 19.9 Å². The zero-order chi connectivity index (χ0) is 9.68. The maximum atomic E-state index is 10.7. The van der Waals surface area contributed by atoms with Gasteiger partial charge in [-0.15, -0.1) is 0 Å².